The number of rotatable bonds is 3. The predicted molar refractivity (Wildman–Crippen MR) is 48.6 cm³/mol. The molecule has 1 aromatic rings. The van der Waals surface area contributed by atoms with Crippen LogP contribution in [0.2, 0.25) is 0 Å². The normalized spacial score (nSPS) is 9.50. The molecule has 3 nitrogen and oxygen atoms in total. The van der Waals surface area contributed by atoms with Crippen LogP contribution in [0.4, 0.5) is 5.82 Å². The van der Waals surface area contributed by atoms with Crippen LogP contribution in [0.3, 0.4) is 0 Å². The maximum absolute atomic E-state index is 10.3. The van der Waals surface area contributed by atoms with Crippen LogP contribution in [0.5, 0.6) is 0 Å². The molecule has 1 aromatic heterocycles. The van der Waals surface area contributed by atoms with E-state index in [0.29, 0.717) is 5.56 Å². The smallest absolute Gasteiger partial charge is 0.151 e. The summed E-state index contributed by atoms with van der Waals surface area (Å²) in [4.78, 5) is 16.4. The highest BCUT2D eigenvalue weighted by Gasteiger charge is 1.98. The molecule has 0 saturated carbocycles. The van der Waals surface area contributed by atoms with E-state index in [2.05, 4.69) is 11.9 Å². The van der Waals surface area contributed by atoms with Gasteiger partial charge in [-0.25, -0.2) is 4.98 Å². The summed E-state index contributed by atoms with van der Waals surface area (Å²) in [6.07, 6.45) is 2.37. The Balaban J connectivity index is 2.84. The minimum atomic E-state index is 0.614. The van der Waals surface area contributed by atoms with Gasteiger partial charge in [-0.2, -0.15) is 0 Å². The van der Waals surface area contributed by atoms with Gasteiger partial charge in [0.25, 0.3) is 0 Å². The van der Waals surface area contributed by atoms with Gasteiger partial charge in [-0.1, -0.05) is 0 Å². The van der Waals surface area contributed by atoms with E-state index >= 15 is 0 Å². The maximum atomic E-state index is 10.3. The number of nitrogens with zero attached hydrogens (tertiary/aromatic N) is 2. The molecule has 0 radical (unpaired) electrons. The molecule has 1 heterocycles. The topological polar surface area (TPSA) is 33.2 Å². The molecule has 0 aliphatic rings. The van der Waals surface area contributed by atoms with Crippen molar-refractivity contribution in [1.29, 1.82) is 0 Å². The molecule has 0 atom stereocenters. The molecule has 0 amide bonds. The number of aromatic nitrogens is 1. The van der Waals surface area contributed by atoms with Crippen molar-refractivity contribution in [3.8, 4) is 0 Å². The van der Waals surface area contributed by atoms with Crippen LogP contribution in [-0.2, 0) is 0 Å². The van der Waals surface area contributed by atoms with E-state index in [1.807, 2.05) is 18.0 Å². The summed E-state index contributed by atoms with van der Waals surface area (Å²) in [5, 5.41) is 0. The summed E-state index contributed by atoms with van der Waals surface area (Å²) >= 11 is 0. The van der Waals surface area contributed by atoms with Crippen molar-refractivity contribution in [3.63, 3.8) is 0 Å². The van der Waals surface area contributed by atoms with Crippen LogP contribution >= 0.6 is 0 Å². The zero-order chi connectivity index (χ0) is 8.97. The Morgan fingerprint density at radius 1 is 1.58 bits per heavy atom. The first-order valence-electron chi connectivity index (χ1n) is 3.90. The Morgan fingerprint density at radius 2 is 2.33 bits per heavy atom. The monoisotopic (exact) mass is 164 g/mol. The number of carbonyl (C=O) groups is 1. The molecule has 0 bridgehead atoms. The average molecular weight is 164 g/mol. The van der Waals surface area contributed by atoms with E-state index in [1.165, 1.54) is 0 Å². The van der Waals surface area contributed by atoms with E-state index in [-0.39, 0.29) is 0 Å². The number of hydrogen-bond donors (Lipinski definition) is 0. The molecular formula is C9H12N2O. The molecule has 0 aliphatic heterocycles. The summed E-state index contributed by atoms with van der Waals surface area (Å²) in [7, 11) is 1.96. The van der Waals surface area contributed by atoms with Gasteiger partial charge in [0.15, 0.2) is 6.29 Å². The first-order chi connectivity index (χ1) is 5.77. The number of hydrogen-bond acceptors (Lipinski definition) is 3. The van der Waals surface area contributed by atoms with Gasteiger partial charge in [0, 0.05) is 25.4 Å². The average Bonchev–Trinajstić information content (AvgIpc) is 2.17. The summed E-state index contributed by atoms with van der Waals surface area (Å²) in [5.74, 6) is 0.892. The second-order valence-electron chi connectivity index (χ2n) is 2.58. The SMILES string of the molecule is CCN(C)c1ccc(C=O)cn1. The molecule has 64 valence electrons. The fourth-order valence-electron chi connectivity index (χ4n) is 0.855. The second-order valence-corrected chi connectivity index (χ2v) is 2.58. The lowest BCUT2D eigenvalue weighted by atomic mass is 10.3. The van der Waals surface area contributed by atoms with Crippen molar-refractivity contribution in [2.24, 2.45) is 0 Å². The zero-order valence-electron chi connectivity index (χ0n) is 7.32. The van der Waals surface area contributed by atoms with Crippen molar-refractivity contribution >= 4 is 12.1 Å². The molecule has 12 heavy (non-hydrogen) atoms. The first kappa shape index (κ1) is 8.71. The van der Waals surface area contributed by atoms with E-state index in [0.717, 1.165) is 18.6 Å². The Hall–Kier alpha value is -1.38. The summed E-state index contributed by atoms with van der Waals surface area (Å²) < 4.78 is 0. The fraction of sp³-hybridized carbons (Fsp3) is 0.333. The fourth-order valence-corrected chi connectivity index (χ4v) is 0.855. The van der Waals surface area contributed by atoms with Crippen LogP contribution in [0.15, 0.2) is 18.3 Å². The first-order valence-corrected chi connectivity index (χ1v) is 3.90. The van der Waals surface area contributed by atoms with Gasteiger partial charge in [0.2, 0.25) is 0 Å². The molecule has 0 saturated heterocycles. The third kappa shape index (κ3) is 1.81. The highest BCUT2D eigenvalue weighted by Crippen LogP contribution is 2.07. The standard InChI is InChI=1S/C9H12N2O/c1-3-11(2)9-5-4-8(7-12)6-10-9/h4-7H,3H2,1-2H3. The van der Waals surface area contributed by atoms with E-state index in [9.17, 15) is 4.79 Å². The van der Waals surface area contributed by atoms with Crippen LogP contribution in [0.25, 0.3) is 0 Å². The van der Waals surface area contributed by atoms with Gasteiger partial charge in [0.1, 0.15) is 5.82 Å². The maximum Gasteiger partial charge on any atom is 0.151 e. The van der Waals surface area contributed by atoms with E-state index in [1.54, 1.807) is 12.3 Å². The van der Waals surface area contributed by atoms with Crippen molar-refractivity contribution in [1.82, 2.24) is 4.98 Å². The van der Waals surface area contributed by atoms with Crippen molar-refractivity contribution < 1.29 is 4.79 Å². The molecule has 0 unspecified atom stereocenters. The third-order valence-corrected chi connectivity index (χ3v) is 1.77. The van der Waals surface area contributed by atoms with Crippen LogP contribution < -0.4 is 4.90 Å². The number of pyridine rings is 1. The second kappa shape index (κ2) is 3.85. The molecule has 0 aromatic carbocycles. The Morgan fingerprint density at radius 3 is 2.75 bits per heavy atom. The highest BCUT2D eigenvalue weighted by molar-refractivity contribution is 5.74. The highest BCUT2D eigenvalue weighted by atomic mass is 16.1. The van der Waals surface area contributed by atoms with Crippen molar-refractivity contribution in [3.05, 3.63) is 23.9 Å². The quantitative estimate of drug-likeness (QED) is 0.632. The summed E-state index contributed by atoms with van der Waals surface area (Å²) in [6, 6.07) is 3.61. The minimum Gasteiger partial charge on any atom is -0.360 e. The van der Waals surface area contributed by atoms with Gasteiger partial charge in [0.05, 0.1) is 0 Å². The molecule has 1 rings (SSSR count). The van der Waals surface area contributed by atoms with Gasteiger partial charge in [-0.3, -0.25) is 4.79 Å². The Bertz CT molecular complexity index is 256. The Labute approximate surface area is 72.0 Å². The molecular weight excluding hydrogens is 152 g/mol. The number of carbonyl (C=O) groups excluding carboxylic acids is 1. The van der Waals surface area contributed by atoms with Crippen LogP contribution in [0, 0.1) is 0 Å². The zero-order valence-corrected chi connectivity index (χ0v) is 7.32. The molecule has 0 aliphatic carbocycles. The molecule has 0 fully saturated rings. The summed E-state index contributed by atoms with van der Waals surface area (Å²) in [6.45, 7) is 2.96. The van der Waals surface area contributed by atoms with Gasteiger partial charge in [-0.15, -0.1) is 0 Å². The van der Waals surface area contributed by atoms with Crippen molar-refractivity contribution in [2.75, 3.05) is 18.5 Å². The Kier molecular flexibility index (Phi) is 2.80. The van der Waals surface area contributed by atoms with Crippen molar-refractivity contribution in [2.45, 2.75) is 6.92 Å². The lowest BCUT2D eigenvalue weighted by Crippen LogP contribution is -2.16. The predicted octanol–water partition coefficient (Wildman–Crippen LogP) is 1.35. The number of aldehydes is 1. The van der Waals surface area contributed by atoms with E-state index in [4.69, 9.17) is 0 Å². The third-order valence-electron chi connectivity index (χ3n) is 1.77. The number of anilines is 1. The van der Waals surface area contributed by atoms with Gasteiger partial charge in [-0.05, 0) is 19.1 Å². The van der Waals surface area contributed by atoms with Gasteiger partial charge < -0.3 is 4.90 Å². The van der Waals surface area contributed by atoms with Crippen LogP contribution in [-0.4, -0.2) is 24.9 Å². The van der Waals surface area contributed by atoms with E-state index < -0.39 is 0 Å². The molecule has 0 spiro atoms. The molecule has 3 heteroatoms. The summed E-state index contributed by atoms with van der Waals surface area (Å²) in [5.41, 5.74) is 0.614. The van der Waals surface area contributed by atoms with Gasteiger partial charge >= 0.3 is 0 Å². The largest absolute Gasteiger partial charge is 0.360 e. The molecule has 0 N–H and O–H groups in total. The lowest BCUT2D eigenvalue weighted by molar-refractivity contribution is 0.112. The lowest BCUT2D eigenvalue weighted by Gasteiger charge is -2.14. The van der Waals surface area contributed by atoms with Crippen LogP contribution in [0.1, 0.15) is 17.3 Å². The minimum absolute atomic E-state index is 0.614.